The number of ether oxygens (including phenoxy) is 1. The predicted molar refractivity (Wildman–Crippen MR) is 146 cm³/mol. The third kappa shape index (κ3) is 6.19. The van der Waals surface area contributed by atoms with Gasteiger partial charge in [-0.05, 0) is 61.3 Å². The van der Waals surface area contributed by atoms with Gasteiger partial charge in [0.25, 0.3) is 0 Å². The molecule has 1 aromatic heterocycles. The molecule has 3 aliphatic rings. The fourth-order valence-corrected chi connectivity index (χ4v) is 5.47. The summed E-state index contributed by atoms with van der Waals surface area (Å²) in [4.78, 5) is 26.4. The minimum absolute atomic E-state index is 0.0618. The van der Waals surface area contributed by atoms with Gasteiger partial charge >= 0.3 is 6.01 Å². The zero-order valence-corrected chi connectivity index (χ0v) is 22.8. The Bertz CT molecular complexity index is 1150. The van der Waals surface area contributed by atoms with Gasteiger partial charge in [0.1, 0.15) is 12.9 Å². The number of benzene rings is 1. The Morgan fingerprint density at radius 1 is 1.13 bits per heavy atom. The molecule has 38 heavy (non-hydrogen) atoms. The molecular weight excluding hydrogens is 482 g/mol. The van der Waals surface area contributed by atoms with Crippen LogP contribution in [0.25, 0.3) is 5.57 Å². The lowest BCUT2D eigenvalue weighted by Crippen LogP contribution is -2.35. The Morgan fingerprint density at radius 3 is 2.58 bits per heavy atom. The summed E-state index contributed by atoms with van der Waals surface area (Å²) in [6.07, 6.45) is 7.73. The molecule has 1 unspecified atom stereocenters. The molecule has 1 atom stereocenters. The van der Waals surface area contributed by atoms with E-state index in [2.05, 4.69) is 64.4 Å². The van der Waals surface area contributed by atoms with Gasteiger partial charge in [0.15, 0.2) is 5.82 Å². The lowest BCUT2D eigenvalue weighted by molar-refractivity contribution is -0.134. The van der Waals surface area contributed by atoms with E-state index in [0.717, 1.165) is 75.4 Å². The molecule has 2 fully saturated rings. The summed E-state index contributed by atoms with van der Waals surface area (Å²) in [6, 6.07) is 9.05. The second kappa shape index (κ2) is 12.0. The molecule has 2 aliphatic heterocycles. The van der Waals surface area contributed by atoms with Crippen molar-refractivity contribution < 1.29 is 18.9 Å². The largest absolute Gasteiger partial charge is 0.493 e. The number of nitrogens with zero attached hydrogens (tertiary/aromatic N) is 5. The molecule has 1 amide bonds. The van der Waals surface area contributed by atoms with E-state index >= 15 is 0 Å². The van der Waals surface area contributed by atoms with Crippen LogP contribution in [-0.4, -0.2) is 66.6 Å². The van der Waals surface area contributed by atoms with E-state index in [-0.39, 0.29) is 17.7 Å². The van der Waals surface area contributed by atoms with Crippen molar-refractivity contribution in [3.63, 3.8) is 0 Å². The number of carbonyl (C=O) groups excluding carboxylic acids is 1. The van der Waals surface area contributed by atoms with Crippen molar-refractivity contribution in [3.8, 4) is 5.75 Å². The molecule has 0 N–H and O–H groups in total. The van der Waals surface area contributed by atoms with E-state index < -0.39 is 0 Å². The maximum atomic E-state index is 12.9. The highest BCUT2D eigenvalue weighted by Crippen LogP contribution is 2.33. The maximum absolute atomic E-state index is 12.9. The van der Waals surface area contributed by atoms with Gasteiger partial charge in [0.05, 0.1) is 18.9 Å². The van der Waals surface area contributed by atoms with Crippen LogP contribution in [0.3, 0.4) is 0 Å². The zero-order valence-electron chi connectivity index (χ0n) is 22.8. The van der Waals surface area contributed by atoms with Gasteiger partial charge in [-0.2, -0.15) is 4.98 Å². The van der Waals surface area contributed by atoms with Crippen molar-refractivity contribution in [2.24, 2.45) is 17.0 Å². The number of carbonyl (C=O) groups is 1. The smallest absolute Gasteiger partial charge is 0.324 e. The summed E-state index contributed by atoms with van der Waals surface area (Å²) < 4.78 is 11.6. The second-order valence-electron chi connectivity index (χ2n) is 10.9. The maximum Gasteiger partial charge on any atom is 0.324 e. The molecule has 1 aliphatic carbocycles. The van der Waals surface area contributed by atoms with Crippen LogP contribution >= 0.6 is 0 Å². The number of amides is 1. The fraction of sp³-hybridized carbons (Fsp3) is 0.586. The molecule has 9 nitrogen and oxygen atoms in total. The van der Waals surface area contributed by atoms with Gasteiger partial charge < -0.3 is 23.9 Å². The Labute approximate surface area is 224 Å². The van der Waals surface area contributed by atoms with Gasteiger partial charge in [-0.25, -0.2) is 0 Å². The first-order valence-corrected chi connectivity index (χ1v) is 13.9. The number of likely N-dealkylation sites (tertiary alicyclic amines) is 1. The van der Waals surface area contributed by atoms with Gasteiger partial charge in [-0.3, -0.25) is 4.79 Å². The van der Waals surface area contributed by atoms with E-state index in [9.17, 15) is 4.79 Å². The Balaban J connectivity index is 1.06. The number of aromatic nitrogens is 2. The van der Waals surface area contributed by atoms with Crippen LogP contribution < -0.4 is 9.64 Å². The number of hydrogen-bond acceptors (Lipinski definition) is 8. The van der Waals surface area contributed by atoms with Crippen molar-refractivity contribution in [3.05, 3.63) is 41.7 Å². The molecule has 9 heteroatoms. The van der Waals surface area contributed by atoms with Gasteiger partial charge in [0.2, 0.25) is 5.91 Å². The average Bonchev–Trinajstić information content (AvgIpc) is 3.63. The molecule has 1 aromatic carbocycles. The number of anilines is 1. The highest BCUT2D eigenvalue weighted by atomic mass is 16.6. The highest BCUT2D eigenvalue weighted by molar-refractivity contribution is 5.93. The Kier molecular flexibility index (Phi) is 8.29. The van der Waals surface area contributed by atoms with Gasteiger partial charge in [-0.15, -0.1) is 0 Å². The van der Waals surface area contributed by atoms with Crippen LogP contribution in [0, 0.1) is 11.8 Å². The summed E-state index contributed by atoms with van der Waals surface area (Å²) in [5, 5.41) is 8.09. The van der Waals surface area contributed by atoms with Gasteiger partial charge in [-0.1, -0.05) is 42.4 Å². The van der Waals surface area contributed by atoms with Crippen LogP contribution in [-0.2, 0) is 9.63 Å². The minimum Gasteiger partial charge on any atom is -0.493 e. The van der Waals surface area contributed by atoms with E-state index in [0.29, 0.717) is 25.1 Å². The normalized spacial score (nSPS) is 21.7. The first-order chi connectivity index (χ1) is 18.5. The molecule has 0 radical (unpaired) electrons. The molecular formula is C29H39N5O4. The summed E-state index contributed by atoms with van der Waals surface area (Å²) >= 11 is 0. The third-order valence-corrected chi connectivity index (χ3v) is 7.88. The Morgan fingerprint density at radius 2 is 1.92 bits per heavy atom. The Hall–Kier alpha value is -3.36. The molecule has 0 bridgehead atoms. The lowest BCUT2D eigenvalue weighted by atomic mass is 9.86. The van der Waals surface area contributed by atoms with Crippen molar-refractivity contribution >= 4 is 23.2 Å². The van der Waals surface area contributed by atoms with Crippen LogP contribution in [0.2, 0.25) is 0 Å². The van der Waals surface area contributed by atoms with Crippen LogP contribution in [0.4, 0.5) is 6.01 Å². The molecule has 204 valence electrons. The van der Waals surface area contributed by atoms with Crippen molar-refractivity contribution in [2.75, 3.05) is 44.8 Å². The van der Waals surface area contributed by atoms with E-state index in [1.54, 1.807) is 7.11 Å². The SMILES string of the molecule is CO/N=C1\CCN(C(=O)C2CC=C(c3ccc(OCC4CCN(c5nc(C(C)C)no5)CC4)cc3)CC2)C1. The van der Waals surface area contributed by atoms with Gasteiger partial charge in [0, 0.05) is 37.9 Å². The van der Waals surface area contributed by atoms with Crippen LogP contribution in [0.5, 0.6) is 5.75 Å². The molecule has 0 spiro atoms. The monoisotopic (exact) mass is 521 g/mol. The number of hydrogen-bond donors (Lipinski definition) is 0. The first kappa shape index (κ1) is 26.3. The van der Waals surface area contributed by atoms with Crippen LogP contribution in [0.1, 0.15) is 69.7 Å². The summed E-state index contributed by atoms with van der Waals surface area (Å²) in [5.74, 6) is 2.76. The molecule has 3 heterocycles. The zero-order chi connectivity index (χ0) is 26.5. The summed E-state index contributed by atoms with van der Waals surface area (Å²) in [5.41, 5.74) is 3.48. The van der Waals surface area contributed by atoms with Crippen molar-refractivity contribution in [2.45, 2.75) is 58.3 Å². The van der Waals surface area contributed by atoms with E-state index in [1.165, 1.54) is 11.1 Å². The van der Waals surface area contributed by atoms with Crippen LogP contribution in [0.15, 0.2) is 40.0 Å². The fourth-order valence-electron chi connectivity index (χ4n) is 5.47. The lowest BCUT2D eigenvalue weighted by Gasteiger charge is -2.30. The number of piperidine rings is 1. The number of oxime groups is 1. The standard InChI is InChI=1S/C29H39N5O4/c1-20(2)27-30-29(38-32-27)33-15-12-21(13-16-33)19-37-26-10-8-23(9-11-26)22-4-6-24(7-5-22)28(35)34-17-14-25(18-34)31-36-3/h4,8-11,20-21,24H,5-7,12-19H2,1-3H3/b31-25+. The summed E-state index contributed by atoms with van der Waals surface area (Å²) in [6.45, 7) is 8.01. The van der Waals surface area contributed by atoms with Crippen molar-refractivity contribution in [1.82, 2.24) is 15.0 Å². The molecule has 0 saturated carbocycles. The molecule has 2 aromatic rings. The van der Waals surface area contributed by atoms with E-state index in [4.69, 9.17) is 14.1 Å². The highest BCUT2D eigenvalue weighted by Gasteiger charge is 2.30. The topological polar surface area (TPSA) is 93.3 Å². The predicted octanol–water partition coefficient (Wildman–Crippen LogP) is 4.91. The van der Waals surface area contributed by atoms with Crippen molar-refractivity contribution in [1.29, 1.82) is 0 Å². The minimum atomic E-state index is 0.0618. The first-order valence-electron chi connectivity index (χ1n) is 13.9. The number of allylic oxidation sites excluding steroid dienone is 2. The molecule has 5 rings (SSSR count). The second-order valence-corrected chi connectivity index (χ2v) is 10.9. The summed E-state index contributed by atoms with van der Waals surface area (Å²) in [7, 11) is 1.55. The van der Waals surface area contributed by atoms with E-state index in [1.807, 2.05) is 4.90 Å². The third-order valence-electron chi connectivity index (χ3n) is 7.88. The molecule has 2 saturated heterocycles. The average molecular weight is 522 g/mol. The number of rotatable bonds is 8. The quantitative estimate of drug-likeness (QED) is 0.456.